The molecule has 1 saturated heterocycles. The summed E-state index contributed by atoms with van der Waals surface area (Å²) in [5.41, 5.74) is 0.734. The molecule has 3 rings (SSSR count). The highest BCUT2D eigenvalue weighted by Gasteiger charge is 2.25. The first-order chi connectivity index (χ1) is 10.3. The molecule has 1 amide bonds. The van der Waals surface area contributed by atoms with Crippen LogP contribution < -0.4 is 10.2 Å². The van der Waals surface area contributed by atoms with Crippen LogP contribution in [0.4, 0.5) is 5.82 Å². The predicted molar refractivity (Wildman–Crippen MR) is 84.6 cm³/mol. The van der Waals surface area contributed by atoms with E-state index < -0.39 is 0 Å². The summed E-state index contributed by atoms with van der Waals surface area (Å²) in [4.78, 5) is 19.4. The number of carbonyl (C=O) groups excluding carboxylic acids is 1. The highest BCUT2D eigenvalue weighted by atomic mass is 16.1. The van der Waals surface area contributed by atoms with E-state index in [1.54, 1.807) is 6.20 Å². The van der Waals surface area contributed by atoms with Gasteiger partial charge in [-0.2, -0.15) is 0 Å². The lowest BCUT2D eigenvalue weighted by molar-refractivity contribution is 0.0938. The summed E-state index contributed by atoms with van der Waals surface area (Å²) in [5, 5.41) is 3.18. The van der Waals surface area contributed by atoms with Crippen molar-refractivity contribution in [1.82, 2.24) is 10.3 Å². The molecule has 1 aliphatic heterocycles. The van der Waals surface area contributed by atoms with E-state index in [1.165, 1.54) is 32.1 Å². The lowest BCUT2D eigenvalue weighted by atomic mass is 10.0. The number of amides is 1. The number of nitrogens with zero attached hydrogens (tertiary/aromatic N) is 2. The summed E-state index contributed by atoms with van der Waals surface area (Å²) in [6.07, 6.45) is 10.1. The highest BCUT2D eigenvalue weighted by Crippen LogP contribution is 2.26. The molecule has 1 N–H and O–H groups in total. The molecular formula is C17H25N3O. The molecule has 1 aromatic rings. The predicted octanol–water partition coefficient (Wildman–Crippen LogP) is 3.13. The van der Waals surface area contributed by atoms with Crippen molar-refractivity contribution in [2.75, 3.05) is 11.4 Å². The Bertz CT molecular complexity index is 497. The largest absolute Gasteiger partial charge is 0.353 e. The Kier molecular flexibility index (Phi) is 4.42. The van der Waals surface area contributed by atoms with Crippen LogP contribution in [-0.2, 0) is 0 Å². The fourth-order valence-electron chi connectivity index (χ4n) is 3.55. The number of aromatic nitrogens is 1. The smallest absolute Gasteiger partial charge is 0.255 e. The van der Waals surface area contributed by atoms with E-state index in [9.17, 15) is 4.79 Å². The summed E-state index contributed by atoms with van der Waals surface area (Å²) < 4.78 is 0. The van der Waals surface area contributed by atoms with Gasteiger partial charge in [0.1, 0.15) is 5.82 Å². The van der Waals surface area contributed by atoms with E-state index in [0.29, 0.717) is 12.1 Å². The molecule has 0 bridgehead atoms. The molecule has 4 heteroatoms. The fraction of sp³-hybridized carbons (Fsp3) is 0.647. The number of carbonyl (C=O) groups is 1. The van der Waals surface area contributed by atoms with Crippen LogP contribution in [0.25, 0.3) is 0 Å². The number of hydrogen-bond acceptors (Lipinski definition) is 3. The second kappa shape index (κ2) is 6.46. The van der Waals surface area contributed by atoms with Gasteiger partial charge < -0.3 is 10.2 Å². The zero-order chi connectivity index (χ0) is 14.7. The van der Waals surface area contributed by atoms with Gasteiger partial charge in [-0.15, -0.1) is 0 Å². The van der Waals surface area contributed by atoms with Gasteiger partial charge in [0.2, 0.25) is 0 Å². The molecule has 2 aliphatic rings. The molecule has 2 heterocycles. The summed E-state index contributed by atoms with van der Waals surface area (Å²) >= 11 is 0. The van der Waals surface area contributed by atoms with Crippen molar-refractivity contribution < 1.29 is 4.79 Å². The van der Waals surface area contributed by atoms with Gasteiger partial charge in [0.05, 0.1) is 5.56 Å². The summed E-state index contributed by atoms with van der Waals surface area (Å²) in [6, 6.07) is 4.59. The van der Waals surface area contributed by atoms with Crippen molar-refractivity contribution >= 4 is 11.7 Å². The third-order valence-corrected chi connectivity index (χ3v) is 4.80. The highest BCUT2D eigenvalue weighted by molar-refractivity contribution is 5.99. The average Bonchev–Trinajstić information content (AvgIpc) is 3.01. The van der Waals surface area contributed by atoms with E-state index >= 15 is 0 Å². The van der Waals surface area contributed by atoms with Gasteiger partial charge in [0.25, 0.3) is 5.91 Å². The molecule has 1 aliphatic carbocycles. The van der Waals surface area contributed by atoms with Crippen molar-refractivity contribution in [2.45, 2.75) is 64.0 Å². The fourth-order valence-corrected chi connectivity index (χ4v) is 3.55. The lowest BCUT2D eigenvalue weighted by Gasteiger charge is -2.35. The molecule has 2 fully saturated rings. The van der Waals surface area contributed by atoms with Crippen molar-refractivity contribution in [3.8, 4) is 0 Å². The van der Waals surface area contributed by atoms with Crippen molar-refractivity contribution in [3.63, 3.8) is 0 Å². The molecule has 1 atom stereocenters. The van der Waals surface area contributed by atoms with Crippen LogP contribution in [0.3, 0.4) is 0 Å². The van der Waals surface area contributed by atoms with Gasteiger partial charge >= 0.3 is 0 Å². The molecule has 0 aromatic carbocycles. The number of nitrogens with one attached hydrogen (secondary N) is 1. The summed E-state index contributed by atoms with van der Waals surface area (Å²) in [7, 11) is 0. The van der Waals surface area contributed by atoms with Crippen molar-refractivity contribution in [2.24, 2.45) is 0 Å². The van der Waals surface area contributed by atoms with Gasteiger partial charge in [-0.05, 0) is 51.2 Å². The number of piperidine rings is 1. The Balaban J connectivity index is 1.79. The first-order valence-electron chi connectivity index (χ1n) is 8.28. The zero-order valence-corrected chi connectivity index (χ0v) is 12.8. The SMILES string of the molecule is CC1CCCCN1c1ncccc1C(=O)NC1CCCC1. The van der Waals surface area contributed by atoms with Crippen LogP contribution in [0.1, 0.15) is 62.2 Å². The van der Waals surface area contributed by atoms with Crippen LogP contribution in [0, 0.1) is 0 Å². The molecule has 4 nitrogen and oxygen atoms in total. The topological polar surface area (TPSA) is 45.2 Å². The maximum Gasteiger partial charge on any atom is 0.255 e. The minimum atomic E-state index is 0.0442. The van der Waals surface area contributed by atoms with E-state index in [1.807, 2.05) is 12.1 Å². The standard InChI is InChI=1S/C17H25N3O/c1-13-7-4-5-12-20(13)16-15(10-6-11-18-16)17(21)19-14-8-2-3-9-14/h6,10-11,13-14H,2-5,7-9,12H2,1H3,(H,19,21). The second-order valence-corrected chi connectivity index (χ2v) is 6.37. The third kappa shape index (κ3) is 3.20. The second-order valence-electron chi connectivity index (χ2n) is 6.37. The Hall–Kier alpha value is -1.58. The lowest BCUT2D eigenvalue weighted by Crippen LogP contribution is -2.40. The zero-order valence-electron chi connectivity index (χ0n) is 12.8. The van der Waals surface area contributed by atoms with Crippen LogP contribution in [0.5, 0.6) is 0 Å². The van der Waals surface area contributed by atoms with Crippen LogP contribution in [0.15, 0.2) is 18.3 Å². The molecule has 1 unspecified atom stereocenters. The minimum absolute atomic E-state index is 0.0442. The number of pyridine rings is 1. The van der Waals surface area contributed by atoms with Crippen LogP contribution in [-0.4, -0.2) is 29.5 Å². The Morgan fingerprint density at radius 3 is 2.76 bits per heavy atom. The number of rotatable bonds is 3. The molecule has 1 aromatic heterocycles. The van der Waals surface area contributed by atoms with Crippen molar-refractivity contribution in [1.29, 1.82) is 0 Å². The Morgan fingerprint density at radius 2 is 2.00 bits per heavy atom. The van der Waals surface area contributed by atoms with Crippen LogP contribution >= 0.6 is 0 Å². The van der Waals surface area contributed by atoms with Crippen LogP contribution in [0.2, 0.25) is 0 Å². The molecule has 21 heavy (non-hydrogen) atoms. The van der Waals surface area contributed by atoms with Gasteiger partial charge in [0, 0.05) is 24.8 Å². The summed E-state index contributed by atoms with van der Waals surface area (Å²) in [5.74, 6) is 0.906. The van der Waals surface area contributed by atoms with Gasteiger partial charge in [-0.3, -0.25) is 4.79 Å². The van der Waals surface area contributed by atoms with E-state index in [-0.39, 0.29) is 5.91 Å². The minimum Gasteiger partial charge on any atom is -0.353 e. The third-order valence-electron chi connectivity index (χ3n) is 4.80. The van der Waals surface area contributed by atoms with Crippen molar-refractivity contribution in [3.05, 3.63) is 23.9 Å². The summed E-state index contributed by atoms with van der Waals surface area (Å²) in [6.45, 7) is 3.23. The normalized spacial score (nSPS) is 23.3. The van der Waals surface area contributed by atoms with E-state index in [4.69, 9.17) is 0 Å². The molecular weight excluding hydrogens is 262 g/mol. The molecule has 0 radical (unpaired) electrons. The van der Waals surface area contributed by atoms with E-state index in [2.05, 4.69) is 22.1 Å². The van der Waals surface area contributed by atoms with Gasteiger partial charge in [-0.1, -0.05) is 12.8 Å². The van der Waals surface area contributed by atoms with E-state index in [0.717, 1.165) is 30.8 Å². The quantitative estimate of drug-likeness (QED) is 0.929. The number of hydrogen-bond donors (Lipinski definition) is 1. The molecule has 114 valence electrons. The maximum atomic E-state index is 12.6. The average molecular weight is 287 g/mol. The molecule has 0 spiro atoms. The number of anilines is 1. The van der Waals surface area contributed by atoms with Gasteiger partial charge in [-0.25, -0.2) is 4.98 Å². The monoisotopic (exact) mass is 287 g/mol. The first kappa shape index (κ1) is 14.4. The Morgan fingerprint density at radius 1 is 1.24 bits per heavy atom. The Labute approximate surface area is 126 Å². The first-order valence-corrected chi connectivity index (χ1v) is 8.28. The maximum absolute atomic E-state index is 12.6. The van der Waals surface area contributed by atoms with Gasteiger partial charge in [0.15, 0.2) is 0 Å². The molecule has 1 saturated carbocycles.